The minimum atomic E-state index is -4.06. The van der Waals surface area contributed by atoms with E-state index in [0.717, 1.165) is 0 Å². The normalized spacial score (nSPS) is 15.3. The Labute approximate surface area is 154 Å². The first-order chi connectivity index (χ1) is 12.5. The van der Waals surface area contributed by atoms with Crippen molar-refractivity contribution in [1.29, 1.82) is 0 Å². The number of anilines is 1. The zero-order valence-electron chi connectivity index (χ0n) is 14.5. The molecule has 0 aliphatic carbocycles. The molecule has 27 heavy (non-hydrogen) atoms. The zero-order valence-corrected chi connectivity index (χ0v) is 15.4. The first kappa shape index (κ1) is 23.5. The lowest BCUT2D eigenvalue weighted by molar-refractivity contribution is -0.0715. The van der Waals surface area contributed by atoms with Gasteiger partial charge in [-0.05, 0) is 19.3 Å². The van der Waals surface area contributed by atoms with Gasteiger partial charge in [0.1, 0.15) is 18.0 Å². The molecule has 0 saturated carbocycles. The number of hydrogen-bond donors (Lipinski definition) is 9. The van der Waals surface area contributed by atoms with Crippen LogP contribution in [0.4, 0.5) is 5.82 Å². The lowest BCUT2D eigenvalue weighted by Crippen LogP contribution is -2.43. The maximum absolute atomic E-state index is 12.0. The van der Waals surface area contributed by atoms with Gasteiger partial charge < -0.3 is 35.5 Å². The zero-order chi connectivity index (χ0) is 20.6. The monoisotopic (exact) mass is 411 g/mol. The van der Waals surface area contributed by atoms with Crippen molar-refractivity contribution in [2.45, 2.75) is 44.0 Å². The van der Waals surface area contributed by atoms with Gasteiger partial charge in [0.05, 0.1) is 18.3 Å². The van der Waals surface area contributed by atoms with Gasteiger partial charge in [0.25, 0.3) is 5.56 Å². The van der Waals surface area contributed by atoms with Crippen molar-refractivity contribution in [2.75, 3.05) is 24.6 Å². The van der Waals surface area contributed by atoms with Crippen molar-refractivity contribution in [3.05, 3.63) is 26.4 Å². The highest BCUT2D eigenvalue weighted by molar-refractivity contribution is 7.51. The third kappa shape index (κ3) is 8.35. The fourth-order valence-corrected chi connectivity index (χ4v) is 3.03. The molecule has 0 radical (unpaired) electrons. The highest BCUT2D eigenvalue weighted by Crippen LogP contribution is 2.35. The molecular formula is C14H26N3O9P. The molecule has 1 heterocycles. The van der Waals surface area contributed by atoms with Crippen LogP contribution in [-0.4, -0.2) is 77.8 Å². The van der Waals surface area contributed by atoms with E-state index in [4.69, 9.17) is 14.9 Å². The van der Waals surface area contributed by atoms with Gasteiger partial charge >= 0.3 is 13.3 Å². The summed E-state index contributed by atoms with van der Waals surface area (Å²) in [5.41, 5.74) is -1.25. The number of hydrogen-bond acceptors (Lipinski definition) is 8. The highest BCUT2D eigenvalue weighted by Gasteiger charge is 2.24. The van der Waals surface area contributed by atoms with Crippen molar-refractivity contribution in [2.24, 2.45) is 0 Å². The molecule has 3 unspecified atom stereocenters. The van der Waals surface area contributed by atoms with Crippen LogP contribution >= 0.6 is 7.60 Å². The van der Waals surface area contributed by atoms with Gasteiger partial charge in [-0.25, -0.2) is 4.79 Å². The predicted molar refractivity (Wildman–Crippen MR) is 95.7 cm³/mol. The fraction of sp³-hybridized carbons (Fsp3) is 0.714. The van der Waals surface area contributed by atoms with Gasteiger partial charge in [-0.2, -0.15) is 0 Å². The number of rotatable bonds is 12. The average molecular weight is 411 g/mol. The number of aliphatic hydroxyl groups is 4. The van der Waals surface area contributed by atoms with Gasteiger partial charge in [0, 0.05) is 12.7 Å². The summed E-state index contributed by atoms with van der Waals surface area (Å²) in [7, 11) is -4.06. The van der Waals surface area contributed by atoms with Crippen LogP contribution in [0.1, 0.15) is 24.8 Å². The van der Waals surface area contributed by atoms with Crippen LogP contribution < -0.4 is 16.6 Å². The highest BCUT2D eigenvalue weighted by atomic mass is 31.2. The molecule has 156 valence electrons. The van der Waals surface area contributed by atoms with Crippen molar-refractivity contribution >= 4 is 13.4 Å². The second-order valence-electron chi connectivity index (χ2n) is 6.15. The van der Waals surface area contributed by atoms with E-state index in [2.05, 4.69) is 15.3 Å². The molecule has 0 fully saturated rings. The number of unbranched alkanes of at least 4 members (excludes halogenated alkanes) is 2. The molecule has 0 saturated heterocycles. The Morgan fingerprint density at radius 1 is 1.00 bits per heavy atom. The summed E-state index contributed by atoms with van der Waals surface area (Å²) in [4.78, 5) is 45.5. The molecule has 0 aliphatic rings. The molecule has 0 bridgehead atoms. The standard InChI is InChI=1S/C14H26N3O9P/c18-7-10(20)11(21)9(19)6-15-12-8(13(22)17-14(23)16-12)4-2-1-3-5-27(24,25)26/h9-11,18-21H,1-7H2,(H2,24,25,26)(H3,15,16,17,22,23). The molecule has 0 aromatic carbocycles. The van der Waals surface area contributed by atoms with Crippen LogP contribution in [0.25, 0.3) is 0 Å². The SMILES string of the molecule is O=c1[nH]c(NCC(O)C(O)C(O)CO)c(CCCCCP(=O)(O)O)c(=O)[nH]1. The van der Waals surface area contributed by atoms with Crippen molar-refractivity contribution in [3.63, 3.8) is 0 Å². The lowest BCUT2D eigenvalue weighted by Gasteiger charge is -2.22. The molecule has 0 aliphatic heterocycles. The average Bonchev–Trinajstić information content (AvgIpc) is 2.58. The Morgan fingerprint density at radius 3 is 2.26 bits per heavy atom. The Balaban J connectivity index is 2.72. The van der Waals surface area contributed by atoms with Crippen LogP contribution in [0, 0.1) is 0 Å². The maximum atomic E-state index is 12.0. The molecule has 9 N–H and O–H groups in total. The predicted octanol–water partition coefficient (Wildman–Crippen LogP) is -2.56. The second kappa shape index (κ2) is 10.7. The molecule has 1 aromatic rings. The Bertz CT molecular complexity index is 744. The summed E-state index contributed by atoms with van der Waals surface area (Å²) in [6.07, 6.45) is -3.55. The third-order valence-corrected chi connectivity index (χ3v) is 4.78. The van der Waals surface area contributed by atoms with E-state index in [9.17, 15) is 29.5 Å². The summed E-state index contributed by atoms with van der Waals surface area (Å²) >= 11 is 0. The summed E-state index contributed by atoms with van der Waals surface area (Å²) in [6.45, 7) is -1.07. The number of H-pyrrole nitrogens is 2. The van der Waals surface area contributed by atoms with Gasteiger partial charge in [-0.1, -0.05) is 6.42 Å². The second-order valence-corrected chi connectivity index (χ2v) is 7.93. The quantitative estimate of drug-likeness (QED) is 0.129. The summed E-state index contributed by atoms with van der Waals surface area (Å²) in [5.74, 6) is 0.0310. The van der Waals surface area contributed by atoms with E-state index < -0.39 is 43.8 Å². The molecule has 0 amide bonds. The Hall–Kier alpha value is -1.53. The number of aliphatic hydroxyl groups excluding tert-OH is 4. The largest absolute Gasteiger partial charge is 0.394 e. The van der Waals surface area contributed by atoms with Gasteiger partial charge in [0.15, 0.2) is 0 Å². The van der Waals surface area contributed by atoms with Crippen molar-refractivity contribution in [3.8, 4) is 0 Å². The maximum Gasteiger partial charge on any atom is 0.327 e. The molecule has 12 nitrogen and oxygen atoms in total. The van der Waals surface area contributed by atoms with E-state index in [1.165, 1.54) is 0 Å². The molecule has 13 heteroatoms. The van der Waals surface area contributed by atoms with Crippen LogP contribution in [0.3, 0.4) is 0 Å². The van der Waals surface area contributed by atoms with Gasteiger partial charge in [-0.15, -0.1) is 0 Å². The van der Waals surface area contributed by atoms with E-state index >= 15 is 0 Å². The lowest BCUT2D eigenvalue weighted by atomic mass is 10.1. The summed E-state index contributed by atoms with van der Waals surface area (Å²) < 4.78 is 10.8. The van der Waals surface area contributed by atoms with E-state index in [0.29, 0.717) is 12.8 Å². The molecule has 0 spiro atoms. The van der Waals surface area contributed by atoms with Crippen LogP contribution in [0.2, 0.25) is 0 Å². The number of nitrogens with one attached hydrogen (secondary N) is 3. The van der Waals surface area contributed by atoms with E-state index in [-0.39, 0.29) is 36.9 Å². The van der Waals surface area contributed by atoms with Crippen LogP contribution in [0.5, 0.6) is 0 Å². The first-order valence-electron chi connectivity index (χ1n) is 8.34. The van der Waals surface area contributed by atoms with Crippen LogP contribution in [-0.2, 0) is 11.0 Å². The third-order valence-electron chi connectivity index (χ3n) is 3.88. The minimum absolute atomic E-state index is 0.0310. The van der Waals surface area contributed by atoms with E-state index in [1.54, 1.807) is 0 Å². The number of aromatic amines is 2. The fourth-order valence-electron chi connectivity index (χ4n) is 2.39. The van der Waals surface area contributed by atoms with Gasteiger partial charge in [-0.3, -0.25) is 19.3 Å². The van der Waals surface area contributed by atoms with Crippen LogP contribution in [0.15, 0.2) is 9.59 Å². The molecular weight excluding hydrogens is 385 g/mol. The van der Waals surface area contributed by atoms with E-state index in [1.807, 2.05) is 0 Å². The minimum Gasteiger partial charge on any atom is -0.394 e. The Morgan fingerprint density at radius 2 is 1.67 bits per heavy atom. The summed E-state index contributed by atoms with van der Waals surface area (Å²) in [5, 5.41) is 40.1. The Kier molecular flexibility index (Phi) is 9.33. The molecule has 3 atom stereocenters. The first-order valence-corrected chi connectivity index (χ1v) is 10.1. The smallest absolute Gasteiger partial charge is 0.327 e. The van der Waals surface area contributed by atoms with Crippen molar-refractivity contribution < 1.29 is 34.8 Å². The van der Waals surface area contributed by atoms with Gasteiger partial charge in [0.2, 0.25) is 0 Å². The topological polar surface area (TPSA) is 216 Å². The van der Waals surface area contributed by atoms with Crippen molar-refractivity contribution in [1.82, 2.24) is 9.97 Å². The summed E-state index contributed by atoms with van der Waals surface area (Å²) in [6, 6.07) is 0. The number of aromatic nitrogens is 2. The molecule has 1 aromatic heterocycles. The molecule has 1 rings (SSSR count).